The molecule has 0 N–H and O–H groups in total. The van der Waals surface area contributed by atoms with Crippen LogP contribution in [-0.2, 0) is 7.05 Å². The molecule has 0 bridgehead atoms. The van der Waals surface area contributed by atoms with E-state index < -0.39 is 0 Å². The molecule has 3 aromatic heterocycles. The van der Waals surface area contributed by atoms with Crippen molar-refractivity contribution in [1.29, 1.82) is 0 Å². The third-order valence-corrected chi connectivity index (χ3v) is 2.91. The van der Waals surface area contributed by atoms with Crippen molar-refractivity contribution < 1.29 is 0 Å². The SMILES string of the molecule is Cc1nccc2c1c1cnccc1n2C. The summed E-state index contributed by atoms with van der Waals surface area (Å²) in [5, 5.41) is 2.39. The third kappa shape index (κ3) is 1.00. The molecule has 3 nitrogen and oxygen atoms in total. The van der Waals surface area contributed by atoms with Crippen LogP contribution >= 0.6 is 0 Å². The lowest BCUT2D eigenvalue weighted by atomic mass is 10.2. The Balaban J connectivity index is 2.70. The van der Waals surface area contributed by atoms with Crippen molar-refractivity contribution in [3.8, 4) is 0 Å². The molecule has 0 amide bonds. The van der Waals surface area contributed by atoms with E-state index in [0.717, 1.165) is 5.69 Å². The highest BCUT2D eigenvalue weighted by atomic mass is 14.9. The standard InChI is InChI=1S/C12H11N3/c1-8-12-9-7-13-5-3-10(9)15(2)11(12)4-6-14-8/h3-7H,1-2H3. The second-order valence-electron chi connectivity index (χ2n) is 3.74. The summed E-state index contributed by atoms with van der Waals surface area (Å²) >= 11 is 0. The van der Waals surface area contributed by atoms with Gasteiger partial charge < -0.3 is 4.57 Å². The summed E-state index contributed by atoms with van der Waals surface area (Å²) < 4.78 is 2.18. The van der Waals surface area contributed by atoms with Gasteiger partial charge in [0, 0.05) is 42.1 Å². The van der Waals surface area contributed by atoms with Gasteiger partial charge in [-0.15, -0.1) is 0 Å². The van der Waals surface area contributed by atoms with Gasteiger partial charge in [-0.3, -0.25) is 9.97 Å². The fraction of sp³-hybridized carbons (Fsp3) is 0.167. The van der Waals surface area contributed by atoms with Gasteiger partial charge in [0.15, 0.2) is 0 Å². The molecule has 0 saturated heterocycles. The van der Waals surface area contributed by atoms with Gasteiger partial charge in [0.1, 0.15) is 0 Å². The van der Waals surface area contributed by atoms with E-state index >= 15 is 0 Å². The number of nitrogens with zero attached hydrogens (tertiary/aromatic N) is 3. The van der Waals surface area contributed by atoms with Gasteiger partial charge in [0.2, 0.25) is 0 Å². The minimum absolute atomic E-state index is 1.06. The summed E-state index contributed by atoms with van der Waals surface area (Å²) in [6.45, 7) is 2.04. The van der Waals surface area contributed by atoms with Crippen molar-refractivity contribution in [1.82, 2.24) is 14.5 Å². The van der Waals surface area contributed by atoms with Crippen LogP contribution in [0.5, 0.6) is 0 Å². The van der Waals surface area contributed by atoms with E-state index in [1.54, 1.807) is 0 Å². The van der Waals surface area contributed by atoms with Crippen molar-refractivity contribution in [2.24, 2.45) is 7.05 Å². The first kappa shape index (κ1) is 8.41. The minimum Gasteiger partial charge on any atom is -0.343 e. The largest absolute Gasteiger partial charge is 0.343 e. The van der Waals surface area contributed by atoms with E-state index in [2.05, 4.69) is 21.6 Å². The number of pyridine rings is 2. The number of aromatic nitrogens is 3. The molecule has 3 heteroatoms. The summed E-state index contributed by atoms with van der Waals surface area (Å²) in [5.74, 6) is 0. The summed E-state index contributed by atoms with van der Waals surface area (Å²) in [6, 6.07) is 4.08. The fourth-order valence-electron chi connectivity index (χ4n) is 2.17. The first-order valence-electron chi connectivity index (χ1n) is 4.93. The molecule has 0 saturated carbocycles. The molecule has 0 aliphatic heterocycles. The van der Waals surface area contributed by atoms with E-state index in [9.17, 15) is 0 Å². The lowest BCUT2D eigenvalue weighted by molar-refractivity contribution is 1.01. The molecule has 3 aromatic rings. The van der Waals surface area contributed by atoms with Gasteiger partial charge in [-0.05, 0) is 19.1 Å². The maximum atomic E-state index is 4.33. The third-order valence-electron chi connectivity index (χ3n) is 2.91. The molecule has 0 aromatic carbocycles. The molecule has 74 valence electrons. The highest BCUT2D eigenvalue weighted by Gasteiger charge is 2.09. The van der Waals surface area contributed by atoms with Gasteiger partial charge in [0.25, 0.3) is 0 Å². The molecule has 0 aliphatic carbocycles. The second kappa shape index (κ2) is 2.79. The van der Waals surface area contributed by atoms with Crippen LogP contribution in [0, 0.1) is 6.92 Å². The molecule has 0 aliphatic rings. The van der Waals surface area contributed by atoms with Gasteiger partial charge in [-0.1, -0.05) is 0 Å². The van der Waals surface area contributed by atoms with E-state index in [4.69, 9.17) is 0 Å². The number of hydrogen-bond acceptors (Lipinski definition) is 2. The van der Waals surface area contributed by atoms with Crippen molar-refractivity contribution in [2.45, 2.75) is 6.92 Å². The van der Waals surface area contributed by atoms with Gasteiger partial charge in [-0.25, -0.2) is 0 Å². The average molecular weight is 197 g/mol. The molecular weight excluding hydrogens is 186 g/mol. The zero-order valence-corrected chi connectivity index (χ0v) is 8.73. The lowest BCUT2D eigenvalue weighted by Gasteiger charge is -1.97. The molecule has 0 fully saturated rings. The predicted octanol–water partition coefficient (Wildman–Crippen LogP) is 2.43. The fourth-order valence-corrected chi connectivity index (χ4v) is 2.17. The van der Waals surface area contributed by atoms with Gasteiger partial charge in [-0.2, -0.15) is 0 Å². The van der Waals surface area contributed by atoms with Crippen molar-refractivity contribution in [2.75, 3.05) is 0 Å². The van der Waals surface area contributed by atoms with E-state index in [0.29, 0.717) is 0 Å². The Hall–Kier alpha value is -1.90. The predicted molar refractivity (Wildman–Crippen MR) is 60.8 cm³/mol. The van der Waals surface area contributed by atoms with Crippen LogP contribution in [0.1, 0.15) is 5.69 Å². The molecule has 0 spiro atoms. The zero-order valence-electron chi connectivity index (χ0n) is 8.73. The highest BCUT2D eigenvalue weighted by molar-refractivity contribution is 6.08. The topological polar surface area (TPSA) is 30.7 Å². The Bertz CT molecular complexity index is 652. The normalized spacial score (nSPS) is 11.3. The van der Waals surface area contributed by atoms with Crippen LogP contribution < -0.4 is 0 Å². The monoisotopic (exact) mass is 197 g/mol. The number of rotatable bonds is 0. The number of aryl methyl sites for hydroxylation is 2. The van der Waals surface area contributed by atoms with E-state index in [-0.39, 0.29) is 0 Å². The molecule has 0 unspecified atom stereocenters. The number of hydrogen-bond donors (Lipinski definition) is 0. The Morgan fingerprint density at radius 1 is 1.13 bits per heavy atom. The molecule has 15 heavy (non-hydrogen) atoms. The molecule has 3 heterocycles. The Morgan fingerprint density at radius 3 is 2.80 bits per heavy atom. The number of fused-ring (bicyclic) bond motifs is 3. The first-order valence-corrected chi connectivity index (χ1v) is 4.93. The van der Waals surface area contributed by atoms with Crippen LogP contribution in [0.4, 0.5) is 0 Å². The summed E-state index contributed by atoms with van der Waals surface area (Å²) in [7, 11) is 2.07. The maximum Gasteiger partial charge on any atom is 0.0523 e. The summed E-state index contributed by atoms with van der Waals surface area (Å²) in [4.78, 5) is 8.51. The summed E-state index contributed by atoms with van der Waals surface area (Å²) in [6.07, 6.45) is 5.58. The van der Waals surface area contributed by atoms with Gasteiger partial charge >= 0.3 is 0 Å². The molecule has 3 rings (SSSR count). The quantitative estimate of drug-likeness (QED) is 0.554. The smallest absolute Gasteiger partial charge is 0.0523 e. The van der Waals surface area contributed by atoms with Gasteiger partial charge in [0.05, 0.1) is 11.0 Å². The van der Waals surface area contributed by atoms with Crippen molar-refractivity contribution in [3.05, 3.63) is 36.4 Å². The molecule has 0 radical (unpaired) electrons. The van der Waals surface area contributed by atoms with E-state index in [1.165, 1.54) is 21.8 Å². The summed E-state index contributed by atoms with van der Waals surface area (Å²) in [5.41, 5.74) is 3.48. The van der Waals surface area contributed by atoms with Crippen LogP contribution in [0.3, 0.4) is 0 Å². The Kier molecular flexibility index (Phi) is 1.57. The Labute approximate surface area is 87.4 Å². The minimum atomic E-state index is 1.06. The first-order chi connectivity index (χ1) is 7.29. The van der Waals surface area contributed by atoms with Crippen LogP contribution in [0.2, 0.25) is 0 Å². The van der Waals surface area contributed by atoms with Crippen molar-refractivity contribution >= 4 is 21.8 Å². The van der Waals surface area contributed by atoms with Crippen LogP contribution in [0.25, 0.3) is 21.8 Å². The maximum absolute atomic E-state index is 4.33. The lowest BCUT2D eigenvalue weighted by Crippen LogP contribution is -1.87. The second-order valence-corrected chi connectivity index (χ2v) is 3.74. The molecular formula is C12H11N3. The molecule has 0 atom stereocenters. The van der Waals surface area contributed by atoms with Crippen molar-refractivity contribution in [3.63, 3.8) is 0 Å². The van der Waals surface area contributed by atoms with Crippen LogP contribution in [-0.4, -0.2) is 14.5 Å². The highest BCUT2D eigenvalue weighted by Crippen LogP contribution is 2.28. The average Bonchev–Trinajstić information content (AvgIpc) is 2.55. The zero-order chi connectivity index (χ0) is 10.4. The van der Waals surface area contributed by atoms with Crippen LogP contribution in [0.15, 0.2) is 30.7 Å². The Morgan fingerprint density at radius 2 is 1.93 bits per heavy atom. The van der Waals surface area contributed by atoms with E-state index in [1.807, 2.05) is 37.6 Å².